The molecule has 0 aliphatic heterocycles. The second kappa shape index (κ2) is 10.1. The molecule has 2 nitrogen and oxygen atoms in total. The number of thiophene rings is 1. The highest BCUT2D eigenvalue weighted by atomic mass is 32.1. The van der Waals surface area contributed by atoms with Crippen molar-refractivity contribution in [1.29, 1.82) is 0 Å². The molecule has 1 aliphatic rings. The molecule has 3 heteroatoms. The average Bonchev–Trinajstić information content (AvgIpc) is 3.27. The molecule has 0 saturated heterocycles. The van der Waals surface area contributed by atoms with E-state index < -0.39 is 0 Å². The van der Waals surface area contributed by atoms with Crippen LogP contribution < -0.4 is 4.90 Å². The molecule has 0 N–H and O–H groups in total. The summed E-state index contributed by atoms with van der Waals surface area (Å²) in [7, 11) is 0. The molecule has 1 aromatic heterocycles. The lowest BCUT2D eigenvalue weighted by Crippen LogP contribution is -2.21. The van der Waals surface area contributed by atoms with E-state index >= 15 is 0 Å². The van der Waals surface area contributed by atoms with E-state index in [1.165, 1.54) is 44.1 Å². The minimum absolute atomic E-state index is 1.03. The van der Waals surface area contributed by atoms with Crippen LogP contribution in [0.25, 0.3) is 5.57 Å². The fraction of sp³-hybridized carbons (Fsp3) is 0.370. The van der Waals surface area contributed by atoms with Crippen LogP contribution in [0.4, 0.5) is 5.69 Å². The van der Waals surface area contributed by atoms with E-state index in [-0.39, 0.29) is 0 Å². The van der Waals surface area contributed by atoms with Crippen molar-refractivity contribution in [1.82, 2.24) is 0 Å². The van der Waals surface area contributed by atoms with Gasteiger partial charge in [-0.3, -0.25) is 0 Å². The first-order valence-corrected chi connectivity index (χ1v) is 12.0. The fourth-order valence-electron chi connectivity index (χ4n) is 4.26. The molecule has 0 unspecified atom stereocenters. The molecular weight excluding hydrogens is 384 g/mol. The average molecular weight is 420 g/mol. The Morgan fingerprint density at radius 3 is 2.23 bits per heavy atom. The summed E-state index contributed by atoms with van der Waals surface area (Å²) in [6, 6.07) is 11.3. The Balaban J connectivity index is 2.16. The number of anilines is 1. The maximum atomic E-state index is 2.41. The SMILES string of the molecule is CCN(CC)c1ccc(C(=C2C=CC(=[N+](CC)CC)C=C2C)c2cccs2)c(C)c1. The number of hydrogen-bond acceptors (Lipinski definition) is 2. The van der Waals surface area contributed by atoms with Crippen LogP contribution in [0.5, 0.6) is 0 Å². The van der Waals surface area contributed by atoms with Gasteiger partial charge >= 0.3 is 0 Å². The molecule has 0 atom stereocenters. The predicted molar refractivity (Wildman–Crippen MR) is 134 cm³/mol. The van der Waals surface area contributed by atoms with Crippen LogP contribution in [-0.2, 0) is 0 Å². The summed E-state index contributed by atoms with van der Waals surface area (Å²) < 4.78 is 2.41. The third-order valence-corrected chi connectivity index (χ3v) is 6.87. The van der Waals surface area contributed by atoms with Crippen LogP contribution in [0, 0.1) is 6.92 Å². The molecule has 1 aliphatic carbocycles. The zero-order valence-electron chi connectivity index (χ0n) is 19.3. The van der Waals surface area contributed by atoms with Gasteiger partial charge in [-0.15, -0.1) is 11.3 Å². The molecule has 0 saturated carbocycles. The number of benzene rings is 1. The monoisotopic (exact) mass is 419 g/mol. The summed E-state index contributed by atoms with van der Waals surface area (Å²) in [4.78, 5) is 3.73. The molecular formula is C27H35N2S+. The summed E-state index contributed by atoms with van der Waals surface area (Å²) >= 11 is 1.82. The van der Waals surface area contributed by atoms with Crippen LogP contribution in [0.3, 0.4) is 0 Å². The Kier molecular flexibility index (Phi) is 7.49. The Hall–Kier alpha value is -2.39. The normalized spacial score (nSPS) is 15.3. The van der Waals surface area contributed by atoms with E-state index in [4.69, 9.17) is 0 Å². The van der Waals surface area contributed by atoms with Gasteiger partial charge in [0.1, 0.15) is 13.1 Å². The molecule has 0 bridgehead atoms. The maximum Gasteiger partial charge on any atom is 0.200 e. The minimum atomic E-state index is 1.03. The smallest absolute Gasteiger partial charge is 0.200 e. The molecule has 0 spiro atoms. The molecule has 30 heavy (non-hydrogen) atoms. The van der Waals surface area contributed by atoms with E-state index in [9.17, 15) is 0 Å². The number of aryl methyl sites for hydroxylation is 1. The number of hydrogen-bond donors (Lipinski definition) is 0. The number of allylic oxidation sites excluding steroid dienone is 5. The summed E-state index contributed by atoms with van der Waals surface area (Å²) in [5.74, 6) is 0. The topological polar surface area (TPSA) is 6.25 Å². The van der Waals surface area contributed by atoms with Crippen LogP contribution in [-0.4, -0.2) is 36.5 Å². The Morgan fingerprint density at radius 1 is 0.967 bits per heavy atom. The second-order valence-electron chi connectivity index (χ2n) is 7.70. The number of nitrogens with zero attached hydrogens (tertiary/aromatic N) is 2. The van der Waals surface area contributed by atoms with Crippen LogP contribution >= 0.6 is 11.3 Å². The summed E-state index contributed by atoms with van der Waals surface area (Å²) in [5, 5.41) is 2.18. The zero-order chi connectivity index (χ0) is 21.7. The first-order chi connectivity index (χ1) is 14.5. The lowest BCUT2D eigenvalue weighted by Gasteiger charge is -2.23. The maximum absolute atomic E-state index is 2.41. The van der Waals surface area contributed by atoms with Crippen LogP contribution in [0.1, 0.15) is 50.6 Å². The molecule has 0 fully saturated rings. The van der Waals surface area contributed by atoms with E-state index in [0.29, 0.717) is 0 Å². The standard InChI is InChI=1S/C27H35N2S/c1-7-28(8-2)22-13-15-24(20(5)18-22)27(26-12-11-17-30-26)25-16-14-23(19-21(25)6)29(9-3)10-4/h11-19H,7-10H2,1-6H3/q+1. The van der Waals surface area contributed by atoms with Gasteiger partial charge in [0.05, 0.1) is 0 Å². The van der Waals surface area contributed by atoms with Gasteiger partial charge in [0.25, 0.3) is 0 Å². The van der Waals surface area contributed by atoms with Crippen molar-refractivity contribution in [2.45, 2.75) is 41.5 Å². The first kappa shape index (κ1) is 22.3. The van der Waals surface area contributed by atoms with Crippen LogP contribution in [0.15, 0.2) is 65.1 Å². The minimum Gasteiger partial charge on any atom is -0.372 e. The summed E-state index contributed by atoms with van der Waals surface area (Å²) in [6.07, 6.45) is 6.94. The van der Waals surface area contributed by atoms with Crippen molar-refractivity contribution in [3.8, 4) is 0 Å². The van der Waals surface area contributed by atoms with Gasteiger partial charge in [0.15, 0.2) is 5.71 Å². The first-order valence-electron chi connectivity index (χ1n) is 11.2. The lowest BCUT2D eigenvalue weighted by molar-refractivity contribution is -0.519. The highest BCUT2D eigenvalue weighted by Crippen LogP contribution is 2.37. The van der Waals surface area contributed by atoms with E-state index in [1.807, 2.05) is 11.3 Å². The molecule has 0 amide bonds. The molecule has 1 heterocycles. The van der Waals surface area contributed by atoms with Gasteiger partial charge in [-0.25, -0.2) is 4.58 Å². The van der Waals surface area contributed by atoms with Crippen molar-refractivity contribution in [3.05, 3.63) is 81.1 Å². The van der Waals surface area contributed by atoms with Gasteiger partial charge in [-0.05, 0) is 93.5 Å². The van der Waals surface area contributed by atoms with Crippen molar-refractivity contribution in [2.24, 2.45) is 0 Å². The third-order valence-electron chi connectivity index (χ3n) is 5.98. The van der Waals surface area contributed by atoms with E-state index in [1.54, 1.807) is 0 Å². The van der Waals surface area contributed by atoms with E-state index in [2.05, 4.69) is 105 Å². The van der Waals surface area contributed by atoms with Gasteiger partial charge in [-0.2, -0.15) is 0 Å². The highest BCUT2D eigenvalue weighted by molar-refractivity contribution is 7.11. The lowest BCUT2D eigenvalue weighted by atomic mass is 9.88. The Morgan fingerprint density at radius 2 is 1.70 bits per heavy atom. The summed E-state index contributed by atoms with van der Waals surface area (Å²) in [5.41, 5.74) is 9.27. The van der Waals surface area contributed by atoms with Crippen molar-refractivity contribution >= 4 is 28.3 Å². The summed E-state index contributed by atoms with van der Waals surface area (Å²) in [6.45, 7) is 17.5. The molecule has 158 valence electrons. The van der Waals surface area contributed by atoms with Crippen molar-refractivity contribution in [2.75, 3.05) is 31.1 Å². The molecule has 0 radical (unpaired) electrons. The van der Waals surface area contributed by atoms with Gasteiger partial charge < -0.3 is 4.90 Å². The van der Waals surface area contributed by atoms with Gasteiger partial charge in [-0.1, -0.05) is 12.1 Å². The van der Waals surface area contributed by atoms with E-state index in [0.717, 1.165) is 26.2 Å². The van der Waals surface area contributed by atoms with Crippen LogP contribution in [0.2, 0.25) is 0 Å². The van der Waals surface area contributed by atoms with Crippen molar-refractivity contribution < 1.29 is 4.58 Å². The molecule has 1 aromatic carbocycles. The third kappa shape index (κ3) is 4.52. The molecule has 3 rings (SSSR count). The Labute approximate surface area is 186 Å². The molecule has 2 aromatic rings. The zero-order valence-corrected chi connectivity index (χ0v) is 20.1. The highest BCUT2D eigenvalue weighted by Gasteiger charge is 2.20. The van der Waals surface area contributed by atoms with Gasteiger partial charge in [0, 0.05) is 41.4 Å². The number of rotatable bonds is 7. The van der Waals surface area contributed by atoms with Gasteiger partial charge in [0.2, 0.25) is 0 Å². The van der Waals surface area contributed by atoms with Crippen molar-refractivity contribution in [3.63, 3.8) is 0 Å². The Bertz CT molecular complexity index is 993. The quantitative estimate of drug-likeness (QED) is 0.452. The largest absolute Gasteiger partial charge is 0.372 e. The predicted octanol–water partition coefficient (Wildman–Crippen LogP) is 6.71. The second-order valence-corrected chi connectivity index (χ2v) is 8.64. The fourth-order valence-corrected chi connectivity index (χ4v) is 5.06.